The van der Waals surface area contributed by atoms with E-state index in [2.05, 4.69) is 30.7 Å². The van der Waals surface area contributed by atoms with Crippen LogP contribution in [0.4, 0.5) is 17.1 Å². The first kappa shape index (κ1) is 13.6. The Morgan fingerprint density at radius 2 is 1.89 bits per heavy atom. The highest BCUT2D eigenvalue weighted by atomic mass is 16.6. The molecule has 104 valence electrons. The van der Waals surface area contributed by atoms with Gasteiger partial charge in [0.1, 0.15) is 0 Å². The highest BCUT2D eigenvalue weighted by molar-refractivity contribution is 5.71. The van der Waals surface area contributed by atoms with Crippen LogP contribution in [0.25, 0.3) is 0 Å². The van der Waals surface area contributed by atoms with Crippen LogP contribution in [0.5, 0.6) is 0 Å². The van der Waals surface area contributed by atoms with E-state index in [-0.39, 0.29) is 5.69 Å². The second-order valence-electron chi connectivity index (χ2n) is 5.27. The minimum Gasteiger partial charge on any atom is -0.397 e. The van der Waals surface area contributed by atoms with Crippen molar-refractivity contribution in [1.29, 1.82) is 0 Å². The third kappa shape index (κ3) is 2.63. The van der Waals surface area contributed by atoms with E-state index in [4.69, 9.17) is 5.73 Å². The lowest BCUT2D eigenvalue weighted by Gasteiger charge is -2.43. The number of nitro benzene ring substituents is 1. The Bertz CT molecular complexity index is 480. The molecule has 0 aliphatic carbocycles. The maximum absolute atomic E-state index is 10.7. The second-order valence-corrected chi connectivity index (χ2v) is 5.27. The van der Waals surface area contributed by atoms with Crippen LogP contribution in [-0.4, -0.2) is 42.0 Å². The molecule has 0 bridgehead atoms. The van der Waals surface area contributed by atoms with E-state index in [1.54, 1.807) is 6.07 Å². The lowest BCUT2D eigenvalue weighted by atomic mass is 10.1. The maximum atomic E-state index is 10.7. The Hall–Kier alpha value is -1.82. The Morgan fingerprint density at radius 3 is 2.37 bits per heavy atom. The van der Waals surface area contributed by atoms with Gasteiger partial charge in [0, 0.05) is 37.3 Å². The fourth-order valence-electron chi connectivity index (χ4n) is 2.54. The van der Waals surface area contributed by atoms with Gasteiger partial charge in [-0.05, 0) is 27.0 Å². The van der Waals surface area contributed by atoms with Crippen molar-refractivity contribution in [1.82, 2.24) is 4.90 Å². The number of likely N-dealkylation sites (N-methyl/N-ethyl adjacent to an activating group) is 1. The van der Waals surface area contributed by atoms with Gasteiger partial charge < -0.3 is 10.6 Å². The van der Waals surface area contributed by atoms with E-state index >= 15 is 0 Å². The topological polar surface area (TPSA) is 75.6 Å². The Labute approximate surface area is 112 Å². The van der Waals surface area contributed by atoms with Crippen molar-refractivity contribution in [2.75, 3.05) is 30.8 Å². The van der Waals surface area contributed by atoms with E-state index < -0.39 is 4.92 Å². The van der Waals surface area contributed by atoms with E-state index in [0.717, 1.165) is 18.8 Å². The van der Waals surface area contributed by atoms with Gasteiger partial charge in [0.05, 0.1) is 16.3 Å². The van der Waals surface area contributed by atoms with E-state index in [0.29, 0.717) is 17.8 Å². The molecule has 1 aliphatic rings. The van der Waals surface area contributed by atoms with Crippen molar-refractivity contribution >= 4 is 17.1 Å². The molecule has 0 aromatic heterocycles. The summed E-state index contributed by atoms with van der Waals surface area (Å²) in [6, 6.07) is 5.55. The van der Waals surface area contributed by atoms with Gasteiger partial charge >= 0.3 is 0 Å². The smallest absolute Gasteiger partial charge is 0.271 e. The van der Waals surface area contributed by atoms with Gasteiger partial charge in [0.15, 0.2) is 0 Å². The number of nitrogens with zero attached hydrogens (tertiary/aromatic N) is 3. The summed E-state index contributed by atoms with van der Waals surface area (Å²) in [6.07, 6.45) is 0. The van der Waals surface area contributed by atoms with Crippen LogP contribution < -0.4 is 10.6 Å². The van der Waals surface area contributed by atoms with Crippen LogP contribution in [0, 0.1) is 10.1 Å². The van der Waals surface area contributed by atoms with Crippen molar-refractivity contribution in [3.05, 3.63) is 28.3 Å². The molecule has 0 saturated carbocycles. The van der Waals surface area contributed by atoms with Crippen LogP contribution in [0.2, 0.25) is 0 Å². The monoisotopic (exact) mass is 264 g/mol. The van der Waals surface area contributed by atoms with Gasteiger partial charge in [0.2, 0.25) is 0 Å². The zero-order chi connectivity index (χ0) is 14.2. The Kier molecular flexibility index (Phi) is 3.61. The van der Waals surface area contributed by atoms with Gasteiger partial charge in [0.25, 0.3) is 5.69 Å². The molecule has 1 fully saturated rings. The Morgan fingerprint density at radius 1 is 1.32 bits per heavy atom. The maximum Gasteiger partial charge on any atom is 0.271 e. The molecule has 0 amide bonds. The molecule has 2 N–H and O–H groups in total. The highest BCUT2D eigenvalue weighted by Gasteiger charge is 2.27. The first-order valence-electron chi connectivity index (χ1n) is 6.41. The van der Waals surface area contributed by atoms with Crippen LogP contribution in [0.1, 0.15) is 13.8 Å². The Balaban J connectivity index is 2.25. The molecule has 1 saturated heterocycles. The number of anilines is 2. The summed E-state index contributed by atoms with van der Waals surface area (Å²) in [7, 11) is 2.12. The third-order valence-corrected chi connectivity index (χ3v) is 3.92. The number of hydrogen-bond acceptors (Lipinski definition) is 5. The lowest BCUT2D eigenvalue weighted by molar-refractivity contribution is -0.384. The van der Waals surface area contributed by atoms with Crippen LogP contribution in [0.3, 0.4) is 0 Å². The fraction of sp³-hybridized carbons (Fsp3) is 0.538. The molecule has 19 heavy (non-hydrogen) atoms. The zero-order valence-electron chi connectivity index (χ0n) is 11.5. The van der Waals surface area contributed by atoms with Crippen molar-refractivity contribution in [3.63, 3.8) is 0 Å². The van der Waals surface area contributed by atoms with Crippen molar-refractivity contribution in [2.24, 2.45) is 0 Å². The van der Waals surface area contributed by atoms with Crippen molar-refractivity contribution < 1.29 is 4.92 Å². The van der Waals surface area contributed by atoms with E-state index in [1.807, 2.05) is 0 Å². The molecule has 1 aliphatic heterocycles. The van der Waals surface area contributed by atoms with Crippen LogP contribution >= 0.6 is 0 Å². The first-order valence-corrected chi connectivity index (χ1v) is 6.41. The molecule has 6 nitrogen and oxygen atoms in total. The molecule has 1 aromatic carbocycles. The third-order valence-electron chi connectivity index (χ3n) is 3.92. The van der Waals surface area contributed by atoms with Gasteiger partial charge in [-0.3, -0.25) is 15.0 Å². The summed E-state index contributed by atoms with van der Waals surface area (Å²) in [5, 5.41) is 10.7. The minimum atomic E-state index is -0.421. The van der Waals surface area contributed by atoms with Gasteiger partial charge in [-0.15, -0.1) is 0 Å². The molecule has 2 unspecified atom stereocenters. The second kappa shape index (κ2) is 5.05. The standard InChI is InChI=1S/C13H20N4O2/c1-9-7-16(8-10(2)15(9)3)13-5-4-11(17(18)19)6-12(13)14/h4-6,9-10H,7-8,14H2,1-3H3. The van der Waals surface area contributed by atoms with Gasteiger partial charge in [-0.2, -0.15) is 0 Å². The summed E-state index contributed by atoms with van der Waals surface area (Å²) in [5.41, 5.74) is 7.35. The van der Waals surface area contributed by atoms with E-state index in [9.17, 15) is 10.1 Å². The molecule has 1 heterocycles. The number of non-ortho nitro benzene ring substituents is 1. The number of piperazine rings is 1. The zero-order valence-corrected chi connectivity index (χ0v) is 11.5. The van der Waals surface area contributed by atoms with Gasteiger partial charge in [-0.25, -0.2) is 0 Å². The predicted octanol–water partition coefficient (Wildman–Crippen LogP) is 1.71. The average Bonchev–Trinajstić information content (AvgIpc) is 2.35. The number of nitrogens with two attached hydrogens (primary N) is 1. The predicted molar refractivity (Wildman–Crippen MR) is 76.4 cm³/mol. The number of nitro groups is 1. The number of nitrogen functional groups attached to an aromatic ring is 1. The highest BCUT2D eigenvalue weighted by Crippen LogP contribution is 2.30. The lowest BCUT2D eigenvalue weighted by Crippen LogP contribution is -2.55. The largest absolute Gasteiger partial charge is 0.397 e. The van der Waals surface area contributed by atoms with Crippen LogP contribution in [-0.2, 0) is 0 Å². The summed E-state index contributed by atoms with van der Waals surface area (Å²) in [5.74, 6) is 0. The van der Waals surface area contributed by atoms with Crippen molar-refractivity contribution in [2.45, 2.75) is 25.9 Å². The minimum absolute atomic E-state index is 0.0384. The molecule has 2 rings (SSSR count). The summed E-state index contributed by atoms with van der Waals surface area (Å²) in [4.78, 5) is 14.8. The molecule has 1 aromatic rings. The summed E-state index contributed by atoms with van der Waals surface area (Å²) in [6.45, 7) is 6.10. The van der Waals surface area contributed by atoms with Crippen molar-refractivity contribution in [3.8, 4) is 0 Å². The number of benzene rings is 1. The van der Waals surface area contributed by atoms with Crippen LogP contribution in [0.15, 0.2) is 18.2 Å². The summed E-state index contributed by atoms with van der Waals surface area (Å²) >= 11 is 0. The number of hydrogen-bond donors (Lipinski definition) is 1. The normalized spacial score (nSPS) is 24.5. The quantitative estimate of drug-likeness (QED) is 0.500. The molecule has 6 heteroatoms. The average molecular weight is 264 g/mol. The SMILES string of the molecule is CC1CN(c2ccc([N+](=O)[O-])cc2N)CC(C)N1C. The first-order chi connectivity index (χ1) is 8.90. The van der Waals surface area contributed by atoms with Gasteiger partial charge in [-0.1, -0.05) is 0 Å². The molecule has 0 radical (unpaired) electrons. The fourth-order valence-corrected chi connectivity index (χ4v) is 2.54. The van der Waals surface area contributed by atoms with E-state index in [1.165, 1.54) is 12.1 Å². The molecular formula is C13H20N4O2. The molecule has 2 atom stereocenters. The summed E-state index contributed by atoms with van der Waals surface area (Å²) < 4.78 is 0. The molecule has 0 spiro atoms. The number of rotatable bonds is 2. The molecular weight excluding hydrogens is 244 g/mol.